The molecule has 6 heteroatoms. The maximum Gasteiger partial charge on any atom is 0.344 e. The molecule has 0 heterocycles. The number of esters is 1. The van der Waals surface area contributed by atoms with Crippen LogP contribution < -0.4 is 10.1 Å². The minimum absolute atomic E-state index is 0.0449. The minimum Gasteiger partial charge on any atom is -0.482 e. The maximum absolute atomic E-state index is 11.2. The molecule has 19 heavy (non-hydrogen) atoms. The van der Waals surface area contributed by atoms with Gasteiger partial charge in [-0.05, 0) is 31.2 Å². The van der Waals surface area contributed by atoms with Crippen LogP contribution in [0.3, 0.4) is 0 Å². The number of hydrogen-bond donors (Lipinski definition) is 1. The summed E-state index contributed by atoms with van der Waals surface area (Å²) in [6.07, 6.45) is 0. The molecule has 0 radical (unpaired) electrons. The van der Waals surface area contributed by atoms with E-state index in [1.165, 1.54) is 14.0 Å². The maximum atomic E-state index is 11.2. The van der Waals surface area contributed by atoms with Crippen LogP contribution in [0, 0.1) is 0 Å². The summed E-state index contributed by atoms with van der Waals surface area (Å²) in [5, 5.41) is 2.32. The van der Waals surface area contributed by atoms with Gasteiger partial charge in [-0.25, -0.2) is 4.79 Å². The fourth-order valence-electron chi connectivity index (χ4n) is 1.19. The Hall–Kier alpha value is -2.37. The molecule has 0 spiro atoms. The van der Waals surface area contributed by atoms with E-state index < -0.39 is 5.97 Å². The predicted octanol–water partition coefficient (Wildman–Crippen LogP) is 0.557. The second kappa shape index (κ2) is 7.15. The van der Waals surface area contributed by atoms with E-state index >= 15 is 0 Å². The standard InChI is InChI=1S/C13H15NO5/c1-9(15)10-3-5-11(6-4-10)18-8-13(17)19-7-12(16)14-2/h3-6H,7-8H2,1-2H3,(H,14,16). The van der Waals surface area contributed by atoms with Crippen LogP contribution >= 0.6 is 0 Å². The zero-order valence-electron chi connectivity index (χ0n) is 10.8. The first-order chi connectivity index (χ1) is 9.02. The topological polar surface area (TPSA) is 81.7 Å². The Morgan fingerprint density at radius 3 is 2.26 bits per heavy atom. The van der Waals surface area contributed by atoms with E-state index in [2.05, 4.69) is 10.1 Å². The largest absolute Gasteiger partial charge is 0.482 e. The van der Waals surface area contributed by atoms with Crippen molar-refractivity contribution in [1.82, 2.24) is 5.32 Å². The van der Waals surface area contributed by atoms with Crippen molar-refractivity contribution in [1.29, 1.82) is 0 Å². The highest BCUT2D eigenvalue weighted by Crippen LogP contribution is 2.12. The summed E-state index contributed by atoms with van der Waals surface area (Å²) in [5.41, 5.74) is 0.564. The van der Waals surface area contributed by atoms with E-state index in [1.54, 1.807) is 24.3 Å². The van der Waals surface area contributed by atoms with Gasteiger partial charge in [0, 0.05) is 12.6 Å². The average molecular weight is 265 g/mol. The molecule has 0 aliphatic carbocycles. The van der Waals surface area contributed by atoms with Crippen LogP contribution in [-0.2, 0) is 14.3 Å². The van der Waals surface area contributed by atoms with Crippen LogP contribution in [0.25, 0.3) is 0 Å². The molecule has 1 aromatic carbocycles. The van der Waals surface area contributed by atoms with Crippen molar-refractivity contribution in [3.05, 3.63) is 29.8 Å². The molecule has 0 fully saturated rings. The highest BCUT2D eigenvalue weighted by atomic mass is 16.6. The van der Waals surface area contributed by atoms with Gasteiger partial charge < -0.3 is 14.8 Å². The number of ether oxygens (including phenoxy) is 2. The molecular formula is C13H15NO5. The number of nitrogens with one attached hydrogen (secondary N) is 1. The molecule has 0 saturated carbocycles. The molecule has 0 atom stereocenters. The van der Waals surface area contributed by atoms with Gasteiger partial charge in [0.1, 0.15) is 5.75 Å². The van der Waals surface area contributed by atoms with Gasteiger partial charge in [-0.2, -0.15) is 0 Å². The molecule has 0 aromatic heterocycles. The lowest BCUT2D eigenvalue weighted by molar-refractivity contribution is -0.150. The van der Waals surface area contributed by atoms with Gasteiger partial charge in [-0.1, -0.05) is 0 Å². The van der Waals surface area contributed by atoms with Crippen molar-refractivity contribution in [2.24, 2.45) is 0 Å². The summed E-state index contributed by atoms with van der Waals surface area (Å²) in [6, 6.07) is 6.38. The molecule has 0 saturated heterocycles. The molecule has 0 bridgehead atoms. The van der Waals surface area contributed by atoms with Crippen molar-refractivity contribution < 1.29 is 23.9 Å². The number of rotatable bonds is 6. The number of hydrogen-bond acceptors (Lipinski definition) is 5. The van der Waals surface area contributed by atoms with E-state index in [1.807, 2.05) is 0 Å². The molecular weight excluding hydrogens is 250 g/mol. The Bertz CT molecular complexity index is 466. The van der Waals surface area contributed by atoms with Gasteiger partial charge in [-0.3, -0.25) is 9.59 Å². The van der Waals surface area contributed by atoms with Crippen LogP contribution in [0.2, 0.25) is 0 Å². The number of carbonyl (C=O) groups excluding carboxylic acids is 3. The lowest BCUT2D eigenvalue weighted by atomic mass is 10.1. The van der Waals surface area contributed by atoms with E-state index in [-0.39, 0.29) is 24.9 Å². The minimum atomic E-state index is -0.640. The quantitative estimate of drug-likeness (QED) is 0.600. The Morgan fingerprint density at radius 1 is 1.11 bits per heavy atom. The predicted molar refractivity (Wildman–Crippen MR) is 67.0 cm³/mol. The Labute approximate surface area is 110 Å². The number of amides is 1. The van der Waals surface area contributed by atoms with Crippen LogP contribution in [0.4, 0.5) is 0 Å². The van der Waals surface area contributed by atoms with Crippen molar-refractivity contribution in [2.75, 3.05) is 20.3 Å². The lowest BCUT2D eigenvalue weighted by Crippen LogP contribution is -2.26. The molecule has 102 valence electrons. The Morgan fingerprint density at radius 2 is 1.74 bits per heavy atom. The fourth-order valence-corrected chi connectivity index (χ4v) is 1.19. The smallest absolute Gasteiger partial charge is 0.344 e. The van der Waals surface area contributed by atoms with Crippen LogP contribution in [0.15, 0.2) is 24.3 Å². The Kier molecular flexibility index (Phi) is 5.53. The van der Waals surface area contributed by atoms with E-state index in [4.69, 9.17) is 4.74 Å². The third-order valence-electron chi connectivity index (χ3n) is 2.26. The highest BCUT2D eigenvalue weighted by molar-refractivity contribution is 5.94. The third kappa shape index (κ3) is 5.20. The summed E-state index contributed by atoms with van der Waals surface area (Å²) in [6.45, 7) is 0.838. The van der Waals surface area contributed by atoms with Gasteiger partial charge in [0.15, 0.2) is 19.0 Å². The first kappa shape index (κ1) is 14.7. The SMILES string of the molecule is CNC(=O)COC(=O)COc1ccc(C(C)=O)cc1. The lowest BCUT2D eigenvalue weighted by Gasteiger charge is -2.06. The molecule has 1 rings (SSSR count). The average Bonchev–Trinajstić information content (AvgIpc) is 2.42. The molecule has 0 aliphatic rings. The van der Waals surface area contributed by atoms with Gasteiger partial charge in [0.2, 0.25) is 0 Å². The van der Waals surface area contributed by atoms with Gasteiger partial charge in [0.25, 0.3) is 5.91 Å². The zero-order chi connectivity index (χ0) is 14.3. The van der Waals surface area contributed by atoms with Crippen LogP contribution in [-0.4, -0.2) is 37.9 Å². The summed E-state index contributed by atoms with van der Waals surface area (Å²) in [5.74, 6) is -0.628. The van der Waals surface area contributed by atoms with Crippen molar-refractivity contribution in [3.63, 3.8) is 0 Å². The second-order valence-electron chi connectivity index (χ2n) is 3.70. The van der Waals surface area contributed by atoms with Gasteiger partial charge >= 0.3 is 5.97 Å². The van der Waals surface area contributed by atoms with Gasteiger partial charge in [-0.15, -0.1) is 0 Å². The van der Waals surface area contributed by atoms with Gasteiger partial charge in [0.05, 0.1) is 0 Å². The summed E-state index contributed by atoms with van der Waals surface area (Å²) in [7, 11) is 1.45. The number of benzene rings is 1. The highest BCUT2D eigenvalue weighted by Gasteiger charge is 2.07. The number of ketones is 1. The Balaban J connectivity index is 2.37. The normalized spacial score (nSPS) is 9.58. The van der Waals surface area contributed by atoms with Crippen molar-refractivity contribution in [2.45, 2.75) is 6.92 Å². The summed E-state index contributed by atoms with van der Waals surface area (Å²) in [4.78, 5) is 33.1. The third-order valence-corrected chi connectivity index (χ3v) is 2.26. The van der Waals surface area contributed by atoms with Crippen molar-refractivity contribution >= 4 is 17.7 Å². The summed E-state index contributed by atoms with van der Waals surface area (Å²) >= 11 is 0. The van der Waals surface area contributed by atoms with E-state index in [0.29, 0.717) is 11.3 Å². The molecule has 1 amide bonds. The molecule has 1 aromatic rings. The molecule has 0 unspecified atom stereocenters. The fraction of sp³-hybridized carbons (Fsp3) is 0.308. The van der Waals surface area contributed by atoms with Crippen LogP contribution in [0.5, 0.6) is 5.75 Å². The number of likely N-dealkylation sites (N-methyl/N-ethyl adjacent to an activating group) is 1. The molecule has 1 N–H and O–H groups in total. The first-order valence-electron chi connectivity index (χ1n) is 5.63. The van der Waals surface area contributed by atoms with Crippen molar-refractivity contribution in [3.8, 4) is 5.75 Å². The molecule has 0 aliphatic heterocycles. The zero-order valence-corrected chi connectivity index (χ0v) is 10.8. The van der Waals surface area contributed by atoms with E-state index in [9.17, 15) is 14.4 Å². The number of Topliss-reactive ketones (excluding diaryl/α,β-unsaturated/α-hetero) is 1. The first-order valence-corrected chi connectivity index (χ1v) is 5.63. The second-order valence-corrected chi connectivity index (χ2v) is 3.70. The van der Waals surface area contributed by atoms with Crippen LogP contribution in [0.1, 0.15) is 17.3 Å². The molecule has 6 nitrogen and oxygen atoms in total. The number of carbonyl (C=O) groups is 3. The van der Waals surface area contributed by atoms with E-state index in [0.717, 1.165) is 0 Å². The summed E-state index contributed by atoms with van der Waals surface area (Å²) < 4.78 is 9.80. The monoisotopic (exact) mass is 265 g/mol.